The number of hydrogen-bond donors (Lipinski definition) is 0. The van der Waals surface area contributed by atoms with E-state index in [1.165, 1.54) is 9.47 Å². The number of piperidine rings is 1. The van der Waals surface area contributed by atoms with Crippen LogP contribution in [0, 0.1) is 6.92 Å². The van der Waals surface area contributed by atoms with Gasteiger partial charge in [0.1, 0.15) is 11.8 Å². The molecule has 7 nitrogen and oxygen atoms in total. The highest BCUT2D eigenvalue weighted by molar-refractivity contribution is 9.10. The summed E-state index contributed by atoms with van der Waals surface area (Å²) in [6, 6.07) is 10.3. The van der Waals surface area contributed by atoms with Crippen LogP contribution in [-0.2, 0) is 23.2 Å². The van der Waals surface area contributed by atoms with Crippen LogP contribution < -0.4 is 10.4 Å². The minimum absolute atomic E-state index is 0.167. The summed E-state index contributed by atoms with van der Waals surface area (Å²) in [6.45, 7) is 2.12. The van der Waals surface area contributed by atoms with Gasteiger partial charge < -0.3 is 4.74 Å². The molecule has 0 N–H and O–H groups in total. The van der Waals surface area contributed by atoms with E-state index in [9.17, 15) is 14.4 Å². The Labute approximate surface area is 182 Å². The van der Waals surface area contributed by atoms with Gasteiger partial charge in [-0.05, 0) is 58.6 Å². The average Bonchev–Trinajstić information content (AvgIpc) is 2.99. The van der Waals surface area contributed by atoms with E-state index in [2.05, 4.69) is 15.9 Å². The topological polar surface area (TPSA) is 73.5 Å². The van der Waals surface area contributed by atoms with Crippen molar-refractivity contribution in [3.8, 4) is 5.75 Å². The molecule has 156 valence electrons. The predicted octanol–water partition coefficient (Wildman–Crippen LogP) is 3.31. The Morgan fingerprint density at radius 1 is 1.10 bits per heavy atom. The summed E-state index contributed by atoms with van der Waals surface area (Å²) in [7, 11) is 3.28. The zero-order valence-corrected chi connectivity index (χ0v) is 18.6. The van der Waals surface area contributed by atoms with Crippen molar-refractivity contribution in [1.82, 2.24) is 14.0 Å². The van der Waals surface area contributed by atoms with Crippen molar-refractivity contribution in [2.75, 3.05) is 7.11 Å². The molecule has 2 heterocycles. The first kappa shape index (κ1) is 20.4. The fraction of sp³-hybridized carbons (Fsp3) is 0.318. The number of imidazole rings is 1. The second-order valence-corrected chi connectivity index (χ2v) is 8.29. The van der Waals surface area contributed by atoms with E-state index in [0.717, 1.165) is 21.1 Å². The van der Waals surface area contributed by atoms with Crippen LogP contribution in [0.25, 0.3) is 11.0 Å². The third kappa shape index (κ3) is 3.25. The molecular weight excluding hydrogens is 450 g/mol. The second kappa shape index (κ2) is 7.75. The summed E-state index contributed by atoms with van der Waals surface area (Å²) in [5.41, 5.74) is 2.97. The Bertz CT molecular complexity index is 1210. The molecular formula is C22H22BrN3O4. The number of nitrogens with zero attached hydrogens (tertiary/aromatic N) is 3. The number of carbonyl (C=O) groups excluding carboxylic acids is 2. The fourth-order valence-corrected chi connectivity index (χ4v) is 4.57. The third-order valence-corrected chi connectivity index (χ3v) is 6.67. The maximum Gasteiger partial charge on any atom is 0.329 e. The van der Waals surface area contributed by atoms with Crippen molar-refractivity contribution < 1.29 is 14.3 Å². The molecule has 8 heteroatoms. The van der Waals surface area contributed by atoms with Crippen LogP contribution in [0.1, 0.15) is 30.0 Å². The lowest BCUT2D eigenvalue weighted by Crippen LogP contribution is -2.47. The van der Waals surface area contributed by atoms with Gasteiger partial charge in [-0.25, -0.2) is 4.79 Å². The summed E-state index contributed by atoms with van der Waals surface area (Å²) in [5.74, 6) is 0.127. The maximum absolute atomic E-state index is 13.3. The van der Waals surface area contributed by atoms with Crippen molar-refractivity contribution >= 4 is 38.8 Å². The van der Waals surface area contributed by atoms with E-state index in [1.807, 2.05) is 31.2 Å². The smallest absolute Gasteiger partial charge is 0.329 e. The van der Waals surface area contributed by atoms with Gasteiger partial charge in [-0.3, -0.25) is 23.6 Å². The Balaban J connectivity index is 1.73. The standard InChI is InChI=1S/C22H22BrN3O4/c1-13-4-9-16-20(19(13)23)24(2)22(29)26(16)17-10-11-18(27)25(21(17)28)12-14-5-7-15(30-3)8-6-14/h4-9,17H,10-12H2,1-3H3. The molecule has 2 amide bonds. The summed E-state index contributed by atoms with van der Waals surface area (Å²) < 4.78 is 9.05. The van der Waals surface area contributed by atoms with Crippen molar-refractivity contribution in [3.05, 3.63) is 62.5 Å². The zero-order valence-electron chi connectivity index (χ0n) is 17.0. The van der Waals surface area contributed by atoms with Crippen molar-refractivity contribution in [2.24, 2.45) is 7.05 Å². The molecule has 1 aliphatic rings. The number of amides is 2. The van der Waals surface area contributed by atoms with Crippen molar-refractivity contribution in [2.45, 2.75) is 32.4 Å². The lowest BCUT2D eigenvalue weighted by molar-refractivity contribution is -0.151. The predicted molar refractivity (Wildman–Crippen MR) is 116 cm³/mol. The number of imide groups is 1. The van der Waals surface area contributed by atoms with Gasteiger partial charge in [-0.2, -0.15) is 0 Å². The number of ether oxygens (including phenoxy) is 1. The lowest BCUT2D eigenvalue weighted by atomic mass is 10.0. The number of methoxy groups -OCH3 is 1. The van der Waals surface area contributed by atoms with Gasteiger partial charge in [-0.15, -0.1) is 0 Å². The van der Waals surface area contributed by atoms with Crippen molar-refractivity contribution in [1.29, 1.82) is 0 Å². The number of halogens is 1. The summed E-state index contributed by atoms with van der Waals surface area (Å²) in [5, 5.41) is 0. The quantitative estimate of drug-likeness (QED) is 0.547. The van der Waals surface area contributed by atoms with Gasteiger partial charge in [0.2, 0.25) is 5.91 Å². The van der Waals surface area contributed by atoms with E-state index < -0.39 is 6.04 Å². The first-order chi connectivity index (χ1) is 14.3. The van der Waals surface area contributed by atoms with E-state index in [1.54, 1.807) is 30.9 Å². The second-order valence-electron chi connectivity index (χ2n) is 7.50. The van der Waals surface area contributed by atoms with Crippen LogP contribution in [0.4, 0.5) is 0 Å². The molecule has 0 saturated carbocycles. The van der Waals surface area contributed by atoms with Crippen molar-refractivity contribution in [3.63, 3.8) is 0 Å². The van der Waals surface area contributed by atoms with Gasteiger partial charge in [0, 0.05) is 17.9 Å². The number of benzene rings is 2. The monoisotopic (exact) mass is 471 g/mol. The average molecular weight is 472 g/mol. The highest BCUT2D eigenvalue weighted by atomic mass is 79.9. The molecule has 0 spiro atoms. The first-order valence-corrected chi connectivity index (χ1v) is 10.5. The van der Waals surface area contributed by atoms with Gasteiger partial charge in [-0.1, -0.05) is 18.2 Å². The van der Waals surface area contributed by atoms with E-state index in [4.69, 9.17) is 4.74 Å². The number of aryl methyl sites for hydroxylation is 2. The number of fused-ring (bicyclic) bond motifs is 1. The molecule has 3 aromatic rings. The van der Waals surface area contributed by atoms with E-state index in [-0.39, 0.29) is 30.5 Å². The normalized spacial score (nSPS) is 17.1. The van der Waals surface area contributed by atoms with E-state index in [0.29, 0.717) is 17.7 Å². The number of likely N-dealkylation sites (tertiary alicyclic amines) is 1. The maximum atomic E-state index is 13.3. The number of carbonyl (C=O) groups is 2. The van der Waals surface area contributed by atoms with Crippen LogP contribution in [0.15, 0.2) is 45.7 Å². The highest BCUT2D eigenvalue weighted by Gasteiger charge is 2.37. The summed E-state index contributed by atoms with van der Waals surface area (Å²) in [6.07, 6.45) is 0.518. The highest BCUT2D eigenvalue weighted by Crippen LogP contribution is 2.31. The Kier molecular flexibility index (Phi) is 5.27. The molecule has 30 heavy (non-hydrogen) atoms. The van der Waals surface area contributed by atoms with Gasteiger partial charge in [0.15, 0.2) is 0 Å². The number of rotatable bonds is 4. The van der Waals surface area contributed by atoms with Crippen LogP contribution in [0.3, 0.4) is 0 Å². The molecule has 1 unspecified atom stereocenters. The molecule has 1 atom stereocenters. The van der Waals surface area contributed by atoms with Gasteiger partial charge in [0.25, 0.3) is 5.91 Å². The van der Waals surface area contributed by atoms with Crippen LogP contribution in [0.5, 0.6) is 5.75 Å². The molecule has 4 rings (SSSR count). The Hall–Kier alpha value is -2.87. The minimum atomic E-state index is -0.716. The fourth-order valence-electron chi connectivity index (χ4n) is 3.97. The Morgan fingerprint density at radius 2 is 1.80 bits per heavy atom. The Morgan fingerprint density at radius 3 is 2.47 bits per heavy atom. The van der Waals surface area contributed by atoms with E-state index >= 15 is 0 Å². The number of hydrogen-bond acceptors (Lipinski definition) is 4. The molecule has 1 saturated heterocycles. The van der Waals surface area contributed by atoms with Crippen LogP contribution >= 0.6 is 15.9 Å². The molecule has 0 radical (unpaired) electrons. The molecule has 0 bridgehead atoms. The minimum Gasteiger partial charge on any atom is -0.497 e. The molecule has 1 aliphatic heterocycles. The van der Waals surface area contributed by atoms with Crippen LogP contribution in [0.2, 0.25) is 0 Å². The largest absolute Gasteiger partial charge is 0.497 e. The summed E-state index contributed by atoms with van der Waals surface area (Å²) in [4.78, 5) is 40.2. The first-order valence-electron chi connectivity index (χ1n) is 9.66. The van der Waals surface area contributed by atoms with Gasteiger partial charge in [0.05, 0.1) is 24.7 Å². The molecule has 1 aromatic heterocycles. The van der Waals surface area contributed by atoms with Crippen LogP contribution in [-0.4, -0.2) is 33.0 Å². The molecule has 2 aromatic carbocycles. The third-order valence-electron chi connectivity index (χ3n) is 5.67. The summed E-state index contributed by atoms with van der Waals surface area (Å²) >= 11 is 3.56. The number of aromatic nitrogens is 2. The molecule has 1 fully saturated rings. The SMILES string of the molecule is COc1ccc(CN2C(=O)CCC(n3c(=O)n(C)c4c(Br)c(C)ccc43)C2=O)cc1. The van der Waals surface area contributed by atoms with Gasteiger partial charge >= 0.3 is 5.69 Å². The molecule has 0 aliphatic carbocycles. The zero-order chi connectivity index (χ0) is 21.6. The lowest BCUT2D eigenvalue weighted by Gasteiger charge is -2.31.